The van der Waals surface area contributed by atoms with Gasteiger partial charge in [-0.15, -0.1) is 0 Å². The predicted octanol–water partition coefficient (Wildman–Crippen LogP) is 3.70. The summed E-state index contributed by atoms with van der Waals surface area (Å²) in [6, 6.07) is 5.37. The van der Waals surface area contributed by atoms with E-state index < -0.39 is 0 Å². The molecular weight excluding hydrogens is 208 g/mol. The SMILES string of the molecule is CCC1CCCCC1N[C@@H](C)c1ccncc1. The van der Waals surface area contributed by atoms with E-state index in [9.17, 15) is 0 Å². The first-order valence-corrected chi connectivity index (χ1v) is 6.97. The van der Waals surface area contributed by atoms with Crippen LogP contribution in [0.1, 0.15) is 57.6 Å². The zero-order valence-corrected chi connectivity index (χ0v) is 11.0. The molecule has 1 aliphatic rings. The maximum Gasteiger partial charge on any atom is 0.0295 e. The average Bonchev–Trinajstić information content (AvgIpc) is 2.40. The lowest BCUT2D eigenvalue weighted by molar-refractivity contribution is 0.240. The van der Waals surface area contributed by atoms with Crippen molar-refractivity contribution in [2.75, 3.05) is 0 Å². The first-order valence-electron chi connectivity index (χ1n) is 6.97. The maximum atomic E-state index is 4.08. The summed E-state index contributed by atoms with van der Waals surface area (Å²) >= 11 is 0. The van der Waals surface area contributed by atoms with Gasteiger partial charge in [-0.2, -0.15) is 0 Å². The van der Waals surface area contributed by atoms with Crippen molar-refractivity contribution in [2.24, 2.45) is 5.92 Å². The monoisotopic (exact) mass is 232 g/mol. The molecule has 1 aromatic rings. The highest BCUT2D eigenvalue weighted by Gasteiger charge is 2.24. The maximum absolute atomic E-state index is 4.08. The summed E-state index contributed by atoms with van der Waals surface area (Å²) in [4.78, 5) is 4.08. The Morgan fingerprint density at radius 2 is 2.00 bits per heavy atom. The summed E-state index contributed by atoms with van der Waals surface area (Å²) in [6.45, 7) is 4.58. The number of hydrogen-bond acceptors (Lipinski definition) is 2. The minimum Gasteiger partial charge on any atom is -0.307 e. The van der Waals surface area contributed by atoms with E-state index in [1.54, 1.807) is 0 Å². The minimum atomic E-state index is 0.440. The molecule has 1 N–H and O–H groups in total. The fourth-order valence-electron chi connectivity index (χ4n) is 2.99. The number of nitrogens with one attached hydrogen (secondary N) is 1. The predicted molar refractivity (Wildman–Crippen MR) is 71.8 cm³/mol. The van der Waals surface area contributed by atoms with Crippen LogP contribution in [0, 0.1) is 5.92 Å². The van der Waals surface area contributed by atoms with Crippen LogP contribution in [0.2, 0.25) is 0 Å². The van der Waals surface area contributed by atoms with E-state index in [4.69, 9.17) is 0 Å². The molecule has 2 heteroatoms. The lowest BCUT2D eigenvalue weighted by atomic mass is 9.82. The van der Waals surface area contributed by atoms with Crippen molar-refractivity contribution in [3.8, 4) is 0 Å². The number of hydrogen-bond donors (Lipinski definition) is 1. The van der Waals surface area contributed by atoms with E-state index in [0.717, 1.165) is 5.92 Å². The number of pyridine rings is 1. The van der Waals surface area contributed by atoms with Crippen LogP contribution < -0.4 is 5.32 Å². The lowest BCUT2D eigenvalue weighted by Crippen LogP contribution is -2.39. The Bertz CT molecular complexity index is 323. The molecule has 1 aliphatic carbocycles. The molecule has 17 heavy (non-hydrogen) atoms. The molecule has 3 atom stereocenters. The second kappa shape index (κ2) is 6.15. The molecular formula is C15H24N2. The smallest absolute Gasteiger partial charge is 0.0295 e. The van der Waals surface area contributed by atoms with Crippen LogP contribution in [0.3, 0.4) is 0 Å². The summed E-state index contributed by atoms with van der Waals surface area (Å²) in [6.07, 6.45) is 10.6. The van der Waals surface area contributed by atoms with Gasteiger partial charge in [-0.1, -0.05) is 26.2 Å². The fraction of sp³-hybridized carbons (Fsp3) is 0.667. The third kappa shape index (κ3) is 3.29. The summed E-state index contributed by atoms with van der Waals surface area (Å²) < 4.78 is 0. The molecule has 0 bridgehead atoms. The Hall–Kier alpha value is -0.890. The van der Waals surface area contributed by atoms with Gasteiger partial charge in [0.15, 0.2) is 0 Å². The van der Waals surface area contributed by atoms with E-state index >= 15 is 0 Å². The highest BCUT2D eigenvalue weighted by atomic mass is 15.0. The van der Waals surface area contributed by atoms with Crippen LogP contribution in [0.25, 0.3) is 0 Å². The van der Waals surface area contributed by atoms with Gasteiger partial charge >= 0.3 is 0 Å². The zero-order chi connectivity index (χ0) is 12.1. The summed E-state index contributed by atoms with van der Waals surface area (Å²) in [7, 11) is 0. The van der Waals surface area contributed by atoms with Crippen LogP contribution in [-0.4, -0.2) is 11.0 Å². The van der Waals surface area contributed by atoms with Gasteiger partial charge < -0.3 is 5.32 Å². The Kier molecular flexibility index (Phi) is 4.55. The molecule has 0 spiro atoms. The third-order valence-corrected chi connectivity index (χ3v) is 4.10. The highest BCUT2D eigenvalue weighted by molar-refractivity contribution is 5.14. The van der Waals surface area contributed by atoms with Crippen molar-refractivity contribution in [1.82, 2.24) is 10.3 Å². The van der Waals surface area contributed by atoms with Crippen LogP contribution in [-0.2, 0) is 0 Å². The van der Waals surface area contributed by atoms with Crippen molar-refractivity contribution in [1.29, 1.82) is 0 Å². The zero-order valence-electron chi connectivity index (χ0n) is 11.0. The van der Waals surface area contributed by atoms with Gasteiger partial charge in [0.25, 0.3) is 0 Å². The Morgan fingerprint density at radius 1 is 1.29 bits per heavy atom. The summed E-state index contributed by atoms with van der Waals surface area (Å²) in [5, 5.41) is 3.81. The normalized spacial score (nSPS) is 26.7. The highest BCUT2D eigenvalue weighted by Crippen LogP contribution is 2.28. The van der Waals surface area contributed by atoms with Gasteiger partial charge in [0, 0.05) is 24.5 Å². The first kappa shape index (κ1) is 12.6. The first-order chi connectivity index (χ1) is 8.31. The fourth-order valence-corrected chi connectivity index (χ4v) is 2.99. The molecule has 1 heterocycles. The molecule has 1 fully saturated rings. The number of rotatable bonds is 4. The molecule has 2 rings (SSSR count). The van der Waals surface area contributed by atoms with Gasteiger partial charge in [0.05, 0.1) is 0 Å². The summed E-state index contributed by atoms with van der Waals surface area (Å²) in [5.74, 6) is 0.869. The quantitative estimate of drug-likeness (QED) is 0.856. The van der Waals surface area contributed by atoms with Crippen molar-refractivity contribution in [3.05, 3.63) is 30.1 Å². The van der Waals surface area contributed by atoms with E-state index in [2.05, 4.69) is 36.3 Å². The molecule has 0 saturated heterocycles. The van der Waals surface area contributed by atoms with E-state index in [0.29, 0.717) is 12.1 Å². The van der Waals surface area contributed by atoms with Gasteiger partial charge in [-0.05, 0) is 43.4 Å². The second-order valence-corrected chi connectivity index (χ2v) is 5.23. The molecule has 0 radical (unpaired) electrons. The second-order valence-electron chi connectivity index (χ2n) is 5.23. The van der Waals surface area contributed by atoms with Crippen LogP contribution in [0.4, 0.5) is 0 Å². The number of nitrogens with zero attached hydrogens (tertiary/aromatic N) is 1. The lowest BCUT2D eigenvalue weighted by Gasteiger charge is -2.34. The van der Waals surface area contributed by atoms with E-state index in [1.807, 2.05) is 12.4 Å². The van der Waals surface area contributed by atoms with Crippen LogP contribution >= 0.6 is 0 Å². The molecule has 0 amide bonds. The van der Waals surface area contributed by atoms with Crippen LogP contribution in [0.15, 0.2) is 24.5 Å². The topological polar surface area (TPSA) is 24.9 Å². The van der Waals surface area contributed by atoms with Gasteiger partial charge in [-0.3, -0.25) is 4.98 Å². The molecule has 2 unspecified atom stereocenters. The standard InChI is InChI=1S/C15H24N2/c1-3-13-6-4-5-7-15(13)17-12(2)14-8-10-16-11-9-14/h8-13,15,17H,3-7H2,1-2H3/t12-,13?,15?/m0/s1. The Labute approximate surface area is 105 Å². The van der Waals surface area contributed by atoms with Crippen molar-refractivity contribution >= 4 is 0 Å². The van der Waals surface area contributed by atoms with Crippen molar-refractivity contribution in [3.63, 3.8) is 0 Å². The molecule has 2 nitrogen and oxygen atoms in total. The number of aromatic nitrogens is 1. The van der Waals surface area contributed by atoms with E-state index in [1.165, 1.54) is 37.7 Å². The van der Waals surface area contributed by atoms with Gasteiger partial charge in [0.1, 0.15) is 0 Å². The third-order valence-electron chi connectivity index (χ3n) is 4.10. The average molecular weight is 232 g/mol. The largest absolute Gasteiger partial charge is 0.307 e. The van der Waals surface area contributed by atoms with Crippen LogP contribution in [0.5, 0.6) is 0 Å². The van der Waals surface area contributed by atoms with E-state index in [-0.39, 0.29) is 0 Å². The van der Waals surface area contributed by atoms with Crippen molar-refractivity contribution < 1.29 is 0 Å². The van der Waals surface area contributed by atoms with Crippen molar-refractivity contribution in [2.45, 2.75) is 58.0 Å². The Morgan fingerprint density at radius 3 is 2.71 bits per heavy atom. The molecule has 0 aromatic carbocycles. The molecule has 1 aromatic heterocycles. The molecule has 0 aliphatic heterocycles. The summed E-state index contributed by atoms with van der Waals surface area (Å²) in [5.41, 5.74) is 1.35. The van der Waals surface area contributed by atoms with Gasteiger partial charge in [-0.25, -0.2) is 0 Å². The molecule has 94 valence electrons. The minimum absolute atomic E-state index is 0.440. The Balaban J connectivity index is 1.95. The molecule has 1 saturated carbocycles. The van der Waals surface area contributed by atoms with Gasteiger partial charge in [0.2, 0.25) is 0 Å².